The van der Waals surface area contributed by atoms with E-state index in [0.717, 1.165) is 17.7 Å². The second-order valence-electron chi connectivity index (χ2n) is 6.38. The first-order valence-electron chi connectivity index (χ1n) is 7.84. The van der Waals surface area contributed by atoms with Crippen LogP contribution in [0.3, 0.4) is 0 Å². The fourth-order valence-corrected chi connectivity index (χ4v) is 1.94. The molecule has 0 aliphatic rings. The van der Waals surface area contributed by atoms with Crippen LogP contribution in [0.25, 0.3) is 0 Å². The van der Waals surface area contributed by atoms with Crippen molar-refractivity contribution >= 4 is 35.9 Å². The fourth-order valence-electron chi connectivity index (χ4n) is 1.94. The SMILES string of the molecule is CN=C(NCCc1ccc(C(F)(F)F)cc1)NCC(=O)OC(C)(C)C.I. The van der Waals surface area contributed by atoms with E-state index in [1.807, 2.05) is 0 Å². The van der Waals surface area contributed by atoms with E-state index < -0.39 is 23.3 Å². The van der Waals surface area contributed by atoms with Crippen LogP contribution in [0.15, 0.2) is 29.3 Å². The van der Waals surface area contributed by atoms with Gasteiger partial charge < -0.3 is 15.4 Å². The van der Waals surface area contributed by atoms with Gasteiger partial charge in [-0.15, -0.1) is 24.0 Å². The van der Waals surface area contributed by atoms with Gasteiger partial charge in [0.25, 0.3) is 0 Å². The zero-order chi connectivity index (χ0) is 19.1. The molecule has 0 saturated carbocycles. The molecule has 0 aromatic heterocycles. The third kappa shape index (κ3) is 9.83. The number of rotatable bonds is 5. The van der Waals surface area contributed by atoms with Gasteiger partial charge in [0.1, 0.15) is 12.1 Å². The van der Waals surface area contributed by atoms with Gasteiger partial charge in [-0.3, -0.25) is 9.79 Å². The van der Waals surface area contributed by atoms with Crippen LogP contribution in [0, 0.1) is 0 Å². The number of nitrogens with one attached hydrogen (secondary N) is 2. The third-order valence-corrected chi connectivity index (χ3v) is 3.03. The Morgan fingerprint density at radius 1 is 1.12 bits per heavy atom. The largest absolute Gasteiger partial charge is 0.459 e. The highest BCUT2D eigenvalue weighted by Gasteiger charge is 2.29. The van der Waals surface area contributed by atoms with Crippen molar-refractivity contribution in [2.45, 2.75) is 39.0 Å². The topological polar surface area (TPSA) is 62.7 Å². The first-order chi connectivity index (χ1) is 11.5. The molecule has 1 aromatic carbocycles. The van der Waals surface area contributed by atoms with E-state index in [-0.39, 0.29) is 30.5 Å². The Balaban J connectivity index is 0.00000625. The molecule has 0 aliphatic carbocycles. The van der Waals surface area contributed by atoms with Crippen molar-refractivity contribution in [3.05, 3.63) is 35.4 Å². The number of alkyl halides is 3. The number of hydrogen-bond donors (Lipinski definition) is 2. The Hall–Kier alpha value is -1.52. The molecular formula is C17H25F3IN3O2. The van der Waals surface area contributed by atoms with Crippen LogP contribution < -0.4 is 10.6 Å². The lowest BCUT2D eigenvalue weighted by Gasteiger charge is -2.20. The highest BCUT2D eigenvalue weighted by Crippen LogP contribution is 2.29. The number of carbonyl (C=O) groups excluding carboxylic acids is 1. The van der Waals surface area contributed by atoms with Gasteiger partial charge in [0.05, 0.1) is 5.56 Å². The van der Waals surface area contributed by atoms with E-state index in [4.69, 9.17) is 4.74 Å². The predicted octanol–water partition coefficient (Wildman–Crippen LogP) is 3.37. The van der Waals surface area contributed by atoms with Crippen molar-refractivity contribution in [3.63, 3.8) is 0 Å². The maximum atomic E-state index is 12.5. The summed E-state index contributed by atoms with van der Waals surface area (Å²) in [5.74, 6) is 0.0101. The van der Waals surface area contributed by atoms with Gasteiger partial charge in [-0.2, -0.15) is 13.2 Å². The number of hydrogen-bond acceptors (Lipinski definition) is 3. The molecule has 0 atom stereocenters. The molecule has 0 fully saturated rings. The van der Waals surface area contributed by atoms with Crippen molar-refractivity contribution in [2.75, 3.05) is 20.1 Å². The molecule has 0 amide bonds. The lowest BCUT2D eigenvalue weighted by atomic mass is 10.1. The molecule has 0 radical (unpaired) electrons. The monoisotopic (exact) mass is 487 g/mol. The fraction of sp³-hybridized carbons (Fsp3) is 0.529. The molecule has 0 unspecified atom stereocenters. The quantitative estimate of drug-likeness (QED) is 0.290. The Bertz CT molecular complexity index is 597. The summed E-state index contributed by atoms with van der Waals surface area (Å²) in [6.07, 6.45) is -3.81. The number of halogens is 4. The summed E-state index contributed by atoms with van der Waals surface area (Å²) in [6.45, 7) is 5.77. The Labute approximate surface area is 168 Å². The number of aliphatic imine (C=N–C) groups is 1. The lowest BCUT2D eigenvalue weighted by molar-refractivity contribution is -0.153. The van der Waals surface area contributed by atoms with Gasteiger partial charge in [-0.05, 0) is 44.9 Å². The number of ether oxygens (including phenoxy) is 1. The minimum atomic E-state index is -4.33. The highest BCUT2D eigenvalue weighted by atomic mass is 127. The Kier molecular flexibility index (Phi) is 9.97. The molecule has 0 heterocycles. The predicted molar refractivity (Wildman–Crippen MR) is 106 cm³/mol. The number of esters is 1. The van der Waals surface area contributed by atoms with Crippen molar-refractivity contribution in [1.82, 2.24) is 10.6 Å². The van der Waals surface area contributed by atoms with Gasteiger partial charge >= 0.3 is 12.1 Å². The molecular weight excluding hydrogens is 462 g/mol. The molecule has 1 rings (SSSR count). The number of nitrogens with zero attached hydrogens (tertiary/aromatic N) is 1. The van der Waals surface area contributed by atoms with Crippen LogP contribution in [0.1, 0.15) is 31.9 Å². The van der Waals surface area contributed by atoms with E-state index in [1.54, 1.807) is 27.8 Å². The van der Waals surface area contributed by atoms with Crippen molar-refractivity contribution in [3.8, 4) is 0 Å². The van der Waals surface area contributed by atoms with E-state index in [1.165, 1.54) is 12.1 Å². The highest BCUT2D eigenvalue weighted by molar-refractivity contribution is 14.0. The summed E-state index contributed by atoms with van der Waals surface area (Å²) in [5.41, 5.74) is -0.458. The van der Waals surface area contributed by atoms with Crippen molar-refractivity contribution in [1.29, 1.82) is 0 Å². The van der Waals surface area contributed by atoms with Crippen LogP contribution in [-0.4, -0.2) is 37.7 Å². The molecule has 2 N–H and O–H groups in total. The standard InChI is InChI=1S/C17H24F3N3O2.HI/c1-16(2,3)25-14(24)11-23-15(21-4)22-10-9-12-5-7-13(8-6-12)17(18,19)20;/h5-8H,9-11H2,1-4H3,(H2,21,22,23);1H. The first kappa shape index (κ1) is 24.5. The Morgan fingerprint density at radius 2 is 1.69 bits per heavy atom. The van der Waals surface area contributed by atoms with Crippen molar-refractivity contribution in [2.24, 2.45) is 4.99 Å². The van der Waals surface area contributed by atoms with E-state index >= 15 is 0 Å². The molecule has 0 spiro atoms. The second-order valence-corrected chi connectivity index (χ2v) is 6.38. The van der Waals surface area contributed by atoms with Gasteiger partial charge in [0.2, 0.25) is 0 Å². The lowest BCUT2D eigenvalue weighted by Crippen LogP contribution is -2.42. The normalized spacial score (nSPS) is 12.2. The molecule has 0 saturated heterocycles. The summed E-state index contributed by atoms with van der Waals surface area (Å²) in [4.78, 5) is 15.6. The average molecular weight is 487 g/mol. The summed E-state index contributed by atoms with van der Waals surface area (Å²) in [6, 6.07) is 5.01. The van der Waals surface area contributed by atoms with E-state index in [2.05, 4.69) is 15.6 Å². The minimum Gasteiger partial charge on any atom is -0.459 e. The van der Waals surface area contributed by atoms with Gasteiger partial charge in [-0.25, -0.2) is 0 Å². The van der Waals surface area contributed by atoms with Crippen molar-refractivity contribution < 1.29 is 22.7 Å². The molecule has 0 bridgehead atoms. The van der Waals surface area contributed by atoms with E-state index in [9.17, 15) is 18.0 Å². The average Bonchev–Trinajstić information content (AvgIpc) is 2.48. The third-order valence-electron chi connectivity index (χ3n) is 3.03. The zero-order valence-corrected chi connectivity index (χ0v) is 17.6. The molecule has 9 heteroatoms. The van der Waals surface area contributed by atoms with Crippen LogP contribution >= 0.6 is 24.0 Å². The number of benzene rings is 1. The van der Waals surface area contributed by atoms with Crippen LogP contribution in [0.4, 0.5) is 13.2 Å². The summed E-state index contributed by atoms with van der Waals surface area (Å²) in [5, 5.41) is 5.81. The zero-order valence-electron chi connectivity index (χ0n) is 15.2. The Morgan fingerprint density at radius 3 is 2.15 bits per heavy atom. The number of carbonyl (C=O) groups is 1. The van der Waals surface area contributed by atoms with Crippen LogP contribution in [0.2, 0.25) is 0 Å². The smallest absolute Gasteiger partial charge is 0.416 e. The van der Waals surface area contributed by atoms with Crippen LogP contribution in [0.5, 0.6) is 0 Å². The summed E-state index contributed by atoms with van der Waals surface area (Å²) < 4.78 is 42.7. The molecule has 148 valence electrons. The second kappa shape index (κ2) is 10.6. The molecule has 5 nitrogen and oxygen atoms in total. The summed E-state index contributed by atoms with van der Waals surface area (Å²) >= 11 is 0. The van der Waals surface area contributed by atoms with Gasteiger partial charge in [0.15, 0.2) is 5.96 Å². The maximum Gasteiger partial charge on any atom is 0.416 e. The van der Waals surface area contributed by atoms with Crippen LogP contribution in [-0.2, 0) is 22.1 Å². The number of guanidine groups is 1. The van der Waals surface area contributed by atoms with E-state index in [0.29, 0.717) is 18.9 Å². The molecule has 26 heavy (non-hydrogen) atoms. The summed E-state index contributed by atoms with van der Waals surface area (Å²) in [7, 11) is 1.56. The molecule has 1 aromatic rings. The minimum absolute atomic E-state index is 0. The maximum absolute atomic E-state index is 12.5. The van der Waals surface area contributed by atoms with Gasteiger partial charge in [-0.1, -0.05) is 12.1 Å². The molecule has 0 aliphatic heterocycles. The van der Waals surface area contributed by atoms with Gasteiger partial charge in [0, 0.05) is 13.6 Å². The first-order valence-corrected chi connectivity index (χ1v) is 7.84.